The van der Waals surface area contributed by atoms with Gasteiger partial charge in [-0.3, -0.25) is 0 Å². The summed E-state index contributed by atoms with van der Waals surface area (Å²) in [6, 6.07) is 12.5. The summed E-state index contributed by atoms with van der Waals surface area (Å²) in [5.74, 6) is 0.565. The first-order chi connectivity index (χ1) is 8.56. The fourth-order valence-electron chi connectivity index (χ4n) is 1.21. The van der Waals surface area contributed by atoms with Crippen molar-refractivity contribution in [3.63, 3.8) is 0 Å². The quantitative estimate of drug-likeness (QED) is 0.646. The highest BCUT2D eigenvalue weighted by Crippen LogP contribution is 2.26. The Labute approximate surface area is 133 Å². The van der Waals surface area contributed by atoms with Crippen molar-refractivity contribution < 1.29 is 8.39 Å². The molecule has 2 nitrogen and oxygen atoms in total. The molecular weight excluding hydrogens is 448 g/mol. The zero-order valence-electron chi connectivity index (χ0n) is 8.90. The summed E-state index contributed by atoms with van der Waals surface area (Å²) in [7, 11) is 0. The summed E-state index contributed by atoms with van der Waals surface area (Å²) in [5.41, 5.74) is 0. The van der Waals surface area contributed by atoms with Gasteiger partial charge in [0.2, 0.25) is 11.1 Å². The van der Waals surface area contributed by atoms with Crippen LogP contribution in [0, 0.1) is 0 Å². The predicted octanol–water partition coefficient (Wildman–Crippen LogP) is 5.08. The molecule has 94 valence electrons. The zero-order chi connectivity index (χ0) is 13.1. The summed E-state index contributed by atoms with van der Waals surface area (Å²) in [6.07, 6.45) is 0. The van der Waals surface area contributed by atoms with Crippen molar-refractivity contribution >= 4 is 58.9 Å². The molecule has 18 heavy (non-hydrogen) atoms. The van der Waals surface area contributed by atoms with E-state index in [1.54, 1.807) is 24.3 Å². The average Bonchev–Trinajstić information content (AvgIpc) is 2.35. The van der Waals surface area contributed by atoms with Gasteiger partial charge in [0.15, 0.2) is 0 Å². The van der Waals surface area contributed by atoms with Crippen molar-refractivity contribution in [3.05, 3.63) is 55.9 Å². The van der Waals surface area contributed by atoms with Gasteiger partial charge < -0.3 is 4.18 Å². The van der Waals surface area contributed by atoms with E-state index in [0.29, 0.717) is 10.6 Å². The molecule has 0 aliphatic carbocycles. The Morgan fingerprint density at radius 3 is 2.17 bits per heavy atom. The van der Waals surface area contributed by atoms with Gasteiger partial charge in [-0.25, -0.2) is 4.21 Å². The van der Waals surface area contributed by atoms with Crippen molar-refractivity contribution in [2.24, 2.45) is 0 Å². The van der Waals surface area contributed by atoms with E-state index in [9.17, 15) is 4.21 Å². The summed E-state index contributed by atoms with van der Waals surface area (Å²) < 4.78 is 20.1. The van der Waals surface area contributed by atoms with Crippen molar-refractivity contribution in [2.45, 2.75) is 4.90 Å². The van der Waals surface area contributed by atoms with Gasteiger partial charge in [0.1, 0.15) is 5.75 Å². The van der Waals surface area contributed by atoms with Gasteiger partial charge in [-0.05, 0) is 74.3 Å². The average molecular weight is 455 g/mol. The lowest BCUT2D eigenvalue weighted by molar-refractivity contribution is 0.562. The lowest BCUT2D eigenvalue weighted by Crippen LogP contribution is -2.00. The fourth-order valence-corrected chi connectivity index (χ4v) is 3.02. The summed E-state index contributed by atoms with van der Waals surface area (Å²) in [6.45, 7) is 0. The molecule has 0 aromatic heterocycles. The number of benzene rings is 2. The minimum Gasteiger partial charge on any atom is -0.397 e. The first-order valence-electron chi connectivity index (χ1n) is 4.87. The molecule has 2 aromatic rings. The van der Waals surface area contributed by atoms with Crippen LogP contribution in [-0.2, 0) is 11.1 Å². The van der Waals surface area contributed by atoms with Crippen LogP contribution in [0.4, 0.5) is 0 Å². The van der Waals surface area contributed by atoms with E-state index in [2.05, 4.69) is 47.8 Å². The van der Waals surface area contributed by atoms with Crippen LogP contribution in [0.25, 0.3) is 0 Å². The molecule has 1 unspecified atom stereocenters. The number of hydrogen-bond donors (Lipinski definition) is 0. The molecule has 0 heterocycles. The van der Waals surface area contributed by atoms with Crippen LogP contribution in [0.5, 0.6) is 5.75 Å². The SMILES string of the molecule is O=S(Oc1ccc(Br)cc1)c1ccc(Br)c(Br)c1. The van der Waals surface area contributed by atoms with Crippen LogP contribution in [-0.4, -0.2) is 4.21 Å². The second kappa shape index (κ2) is 6.32. The molecule has 2 aromatic carbocycles. The minimum atomic E-state index is -1.53. The Morgan fingerprint density at radius 1 is 0.889 bits per heavy atom. The monoisotopic (exact) mass is 452 g/mol. The van der Waals surface area contributed by atoms with Gasteiger partial charge in [-0.15, -0.1) is 0 Å². The van der Waals surface area contributed by atoms with Crippen molar-refractivity contribution in [2.75, 3.05) is 0 Å². The topological polar surface area (TPSA) is 26.3 Å². The van der Waals surface area contributed by atoms with Crippen LogP contribution >= 0.6 is 47.8 Å². The van der Waals surface area contributed by atoms with Gasteiger partial charge in [0, 0.05) is 13.4 Å². The lowest BCUT2D eigenvalue weighted by Gasteiger charge is -2.06. The van der Waals surface area contributed by atoms with Crippen molar-refractivity contribution in [3.8, 4) is 5.75 Å². The number of halogens is 3. The van der Waals surface area contributed by atoms with E-state index in [0.717, 1.165) is 13.4 Å². The van der Waals surface area contributed by atoms with Gasteiger partial charge >= 0.3 is 0 Å². The predicted molar refractivity (Wildman–Crippen MR) is 83.0 cm³/mol. The van der Waals surface area contributed by atoms with Crippen LogP contribution in [0.15, 0.2) is 60.8 Å². The molecule has 0 amide bonds. The highest BCUT2D eigenvalue weighted by Gasteiger charge is 2.08. The second-order valence-electron chi connectivity index (χ2n) is 3.35. The van der Waals surface area contributed by atoms with Gasteiger partial charge in [-0.1, -0.05) is 15.9 Å². The third kappa shape index (κ3) is 3.66. The van der Waals surface area contributed by atoms with Crippen molar-refractivity contribution in [1.82, 2.24) is 0 Å². The first-order valence-corrected chi connectivity index (χ1v) is 8.32. The number of rotatable bonds is 3. The van der Waals surface area contributed by atoms with Gasteiger partial charge in [-0.2, -0.15) is 0 Å². The first kappa shape index (κ1) is 14.2. The van der Waals surface area contributed by atoms with E-state index in [4.69, 9.17) is 4.18 Å². The Morgan fingerprint density at radius 2 is 1.56 bits per heavy atom. The van der Waals surface area contributed by atoms with Crippen LogP contribution in [0.1, 0.15) is 0 Å². The molecule has 0 radical (unpaired) electrons. The zero-order valence-corrected chi connectivity index (χ0v) is 14.5. The fraction of sp³-hybridized carbons (Fsp3) is 0. The summed E-state index contributed by atoms with van der Waals surface area (Å²) in [5, 5.41) is 0. The maximum atomic E-state index is 12.0. The smallest absolute Gasteiger partial charge is 0.240 e. The normalized spacial score (nSPS) is 12.2. The van der Waals surface area contributed by atoms with Crippen LogP contribution in [0.3, 0.4) is 0 Å². The molecule has 1 atom stereocenters. The highest BCUT2D eigenvalue weighted by atomic mass is 79.9. The Kier molecular flexibility index (Phi) is 5.00. The molecule has 0 fully saturated rings. The maximum Gasteiger partial charge on any atom is 0.240 e. The van der Waals surface area contributed by atoms with Crippen LogP contribution < -0.4 is 4.18 Å². The molecule has 0 spiro atoms. The number of hydrogen-bond acceptors (Lipinski definition) is 2. The molecule has 0 saturated carbocycles. The second-order valence-corrected chi connectivity index (χ2v) is 7.08. The molecule has 0 aliphatic heterocycles. The van der Waals surface area contributed by atoms with E-state index in [-0.39, 0.29) is 0 Å². The maximum absolute atomic E-state index is 12.0. The van der Waals surface area contributed by atoms with E-state index in [1.807, 2.05) is 18.2 Å². The Balaban J connectivity index is 2.16. The molecule has 2 rings (SSSR count). The minimum absolute atomic E-state index is 0.565. The highest BCUT2D eigenvalue weighted by molar-refractivity contribution is 9.13. The molecular formula is C12H7Br3O2S. The third-order valence-corrected chi connectivity index (χ3v) is 5.46. The molecule has 0 N–H and O–H groups in total. The largest absolute Gasteiger partial charge is 0.397 e. The molecule has 0 saturated heterocycles. The van der Waals surface area contributed by atoms with E-state index >= 15 is 0 Å². The molecule has 6 heteroatoms. The lowest BCUT2D eigenvalue weighted by atomic mass is 10.3. The standard InChI is InChI=1S/C12H7Br3O2S/c13-8-1-3-9(4-2-8)17-18(16)10-5-6-11(14)12(15)7-10/h1-7H. The van der Waals surface area contributed by atoms with Gasteiger partial charge in [0.05, 0.1) is 4.90 Å². The summed E-state index contributed by atoms with van der Waals surface area (Å²) >= 11 is 8.53. The van der Waals surface area contributed by atoms with Gasteiger partial charge in [0.25, 0.3) is 0 Å². The molecule has 0 bridgehead atoms. The van der Waals surface area contributed by atoms with E-state index < -0.39 is 11.1 Å². The molecule has 0 aliphatic rings. The van der Waals surface area contributed by atoms with E-state index in [1.165, 1.54) is 0 Å². The third-order valence-electron chi connectivity index (χ3n) is 2.07. The Hall–Kier alpha value is -0.170. The van der Waals surface area contributed by atoms with Crippen LogP contribution in [0.2, 0.25) is 0 Å². The Bertz CT molecular complexity index is 584. The summed E-state index contributed by atoms with van der Waals surface area (Å²) in [4.78, 5) is 0.605. The van der Waals surface area contributed by atoms with Crippen molar-refractivity contribution in [1.29, 1.82) is 0 Å².